The maximum Gasteiger partial charge on any atom is 0.330 e. The SMILES string of the molecule is COc1ccc(COC(=O)C2N3C(=O)C(NC(=O)COc4ccccc4)[C@@H]3S[C@@]2(C)CCl)cc1. The Balaban J connectivity index is 1.36. The number of β-lactam (4-membered cyclic amide) rings is 1. The van der Waals surface area contributed by atoms with Gasteiger partial charge in [0, 0.05) is 5.88 Å². The Morgan fingerprint density at radius 1 is 1.12 bits per heavy atom. The van der Waals surface area contributed by atoms with Gasteiger partial charge in [-0.05, 0) is 36.8 Å². The summed E-state index contributed by atoms with van der Waals surface area (Å²) < 4.78 is 15.4. The van der Waals surface area contributed by atoms with Gasteiger partial charge in [-0.1, -0.05) is 30.3 Å². The fourth-order valence-electron chi connectivity index (χ4n) is 3.96. The van der Waals surface area contributed by atoms with E-state index >= 15 is 0 Å². The molecule has 0 saturated carbocycles. The van der Waals surface area contributed by atoms with E-state index in [9.17, 15) is 14.4 Å². The molecule has 2 aromatic rings. The van der Waals surface area contributed by atoms with Crippen LogP contribution >= 0.6 is 23.4 Å². The molecule has 2 amide bonds. The standard InChI is InChI=1S/C24H25ClN2O6S/c1-24(14-25)20(23(30)33-12-15-8-10-16(31-2)11-9-15)27-21(29)19(22(27)34-24)26-18(28)13-32-17-6-4-3-5-7-17/h3-11,19-20,22H,12-14H2,1-2H3,(H,26,28)/t19?,20?,22-,24-/m0/s1. The van der Waals surface area contributed by atoms with Crippen LogP contribution in [0.1, 0.15) is 12.5 Å². The monoisotopic (exact) mass is 504 g/mol. The van der Waals surface area contributed by atoms with Crippen LogP contribution in [-0.4, -0.2) is 64.5 Å². The number of methoxy groups -OCH3 is 1. The lowest BCUT2D eigenvalue weighted by atomic mass is 9.95. The zero-order valence-corrected chi connectivity index (χ0v) is 20.3. The lowest BCUT2D eigenvalue weighted by molar-refractivity contribution is -0.165. The van der Waals surface area contributed by atoms with E-state index in [2.05, 4.69) is 5.32 Å². The van der Waals surface area contributed by atoms with Crippen LogP contribution < -0.4 is 14.8 Å². The number of hydrogen-bond acceptors (Lipinski definition) is 7. The van der Waals surface area contributed by atoms with Gasteiger partial charge < -0.3 is 24.4 Å². The van der Waals surface area contributed by atoms with Crippen molar-refractivity contribution in [2.75, 3.05) is 19.6 Å². The van der Waals surface area contributed by atoms with Gasteiger partial charge in [0.05, 0.1) is 11.9 Å². The van der Waals surface area contributed by atoms with Gasteiger partial charge in [-0.25, -0.2) is 4.79 Å². The Hall–Kier alpha value is -2.91. The number of nitrogens with zero attached hydrogens (tertiary/aromatic N) is 1. The van der Waals surface area contributed by atoms with Gasteiger partial charge in [0.15, 0.2) is 6.61 Å². The predicted molar refractivity (Wildman–Crippen MR) is 128 cm³/mol. The normalized spacial score (nSPS) is 25.2. The fraction of sp³-hybridized carbons (Fsp3) is 0.375. The minimum atomic E-state index is -0.848. The molecule has 1 N–H and O–H groups in total. The number of hydrogen-bond donors (Lipinski definition) is 1. The molecule has 180 valence electrons. The molecule has 2 unspecified atom stereocenters. The average Bonchev–Trinajstić information content (AvgIpc) is 3.15. The second-order valence-corrected chi connectivity index (χ2v) is 10.1. The number of fused-ring (bicyclic) bond motifs is 1. The van der Waals surface area contributed by atoms with Crippen molar-refractivity contribution in [3.05, 3.63) is 60.2 Å². The summed E-state index contributed by atoms with van der Waals surface area (Å²) in [5.74, 6) is 0.112. The zero-order chi connectivity index (χ0) is 24.3. The summed E-state index contributed by atoms with van der Waals surface area (Å²) in [5, 5.41) is 2.31. The summed E-state index contributed by atoms with van der Waals surface area (Å²) in [6, 6.07) is 14.5. The van der Waals surface area contributed by atoms with Crippen molar-refractivity contribution in [3.63, 3.8) is 0 Å². The Morgan fingerprint density at radius 3 is 2.47 bits per heavy atom. The number of nitrogens with one attached hydrogen (secondary N) is 1. The third-order valence-electron chi connectivity index (χ3n) is 5.78. The number of benzene rings is 2. The highest BCUT2D eigenvalue weighted by molar-refractivity contribution is 8.01. The van der Waals surface area contributed by atoms with E-state index in [1.807, 2.05) is 13.0 Å². The number of para-hydroxylation sites is 1. The van der Waals surface area contributed by atoms with Gasteiger partial charge >= 0.3 is 5.97 Å². The lowest BCUT2D eigenvalue weighted by Gasteiger charge is -2.43. The van der Waals surface area contributed by atoms with E-state index in [-0.39, 0.29) is 25.0 Å². The molecule has 2 aliphatic heterocycles. The lowest BCUT2D eigenvalue weighted by Crippen LogP contribution is -2.71. The molecule has 2 saturated heterocycles. The van der Waals surface area contributed by atoms with Crippen molar-refractivity contribution >= 4 is 41.1 Å². The van der Waals surface area contributed by atoms with Gasteiger partial charge in [0.25, 0.3) is 5.91 Å². The Bertz CT molecular complexity index is 1050. The van der Waals surface area contributed by atoms with Crippen LogP contribution in [-0.2, 0) is 25.7 Å². The summed E-state index contributed by atoms with van der Waals surface area (Å²) in [5.41, 5.74) is 0.794. The molecule has 0 aromatic heterocycles. The van der Waals surface area contributed by atoms with Gasteiger partial charge in [0.1, 0.15) is 35.6 Å². The van der Waals surface area contributed by atoms with E-state index in [0.29, 0.717) is 11.5 Å². The highest BCUT2D eigenvalue weighted by atomic mass is 35.5. The molecule has 0 spiro atoms. The first-order valence-corrected chi connectivity index (χ1v) is 12.1. The fourth-order valence-corrected chi connectivity index (χ4v) is 5.90. The number of carbonyl (C=O) groups is 3. The van der Waals surface area contributed by atoms with Crippen molar-refractivity contribution in [3.8, 4) is 11.5 Å². The van der Waals surface area contributed by atoms with Crippen LogP contribution in [0.15, 0.2) is 54.6 Å². The van der Waals surface area contributed by atoms with Crippen LogP contribution in [0.3, 0.4) is 0 Å². The zero-order valence-electron chi connectivity index (χ0n) is 18.7. The summed E-state index contributed by atoms with van der Waals surface area (Å²) in [7, 11) is 1.58. The third kappa shape index (κ3) is 4.81. The minimum absolute atomic E-state index is 0.0616. The topological polar surface area (TPSA) is 94.2 Å². The molecule has 4 atom stereocenters. The number of halogens is 1. The molecule has 2 aromatic carbocycles. The number of thioether (sulfide) groups is 1. The Labute approximate surface area is 206 Å². The first kappa shape index (κ1) is 24.2. The van der Waals surface area contributed by atoms with Crippen molar-refractivity contribution in [1.82, 2.24) is 10.2 Å². The molecule has 2 fully saturated rings. The molecule has 10 heteroatoms. The quantitative estimate of drug-likeness (QED) is 0.318. The molecule has 8 nitrogen and oxygen atoms in total. The van der Waals surface area contributed by atoms with Crippen molar-refractivity contribution in [2.24, 2.45) is 0 Å². The van der Waals surface area contributed by atoms with Crippen molar-refractivity contribution in [2.45, 2.75) is 35.7 Å². The molecular formula is C24H25ClN2O6S. The average molecular weight is 505 g/mol. The van der Waals surface area contributed by atoms with E-state index in [1.165, 1.54) is 16.7 Å². The van der Waals surface area contributed by atoms with Crippen LogP contribution in [0.2, 0.25) is 0 Å². The van der Waals surface area contributed by atoms with Crippen LogP contribution in [0.25, 0.3) is 0 Å². The molecule has 0 aliphatic carbocycles. The Kier molecular flexibility index (Phi) is 7.23. The molecule has 34 heavy (non-hydrogen) atoms. The molecule has 2 aliphatic rings. The van der Waals surface area contributed by atoms with E-state index in [0.717, 1.165) is 5.56 Å². The van der Waals surface area contributed by atoms with E-state index in [1.54, 1.807) is 55.6 Å². The summed E-state index contributed by atoms with van der Waals surface area (Å²) in [6.45, 7) is 1.67. The maximum atomic E-state index is 13.0. The van der Waals surface area contributed by atoms with E-state index < -0.39 is 34.1 Å². The van der Waals surface area contributed by atoms with Gasteiger partial charge in [-0.15, -0.1) is 23.4 Å². The first-order chi connectivity index (χ1) is 16.4. The predicted octanol–water partition coefficient (Wildman–Crippen LogP) is 2.58. The molecule has 2 heterocycles. The maximum absolute atomic E-state index is 13.0. The first-order valence-electron chi connectivity index (χ1n) is 10.7. The highest BCUT2D eigenvalue weighted by Crippen LogP contribution is 2.51. The molecule has 0 bridgehead atoms. The van der Waals surface area contributed by atoms with Crippen LogP contribution in [0.5, 0.6) is 11.5 Å². The highest BCUT2D eigenvalue weighted by Gasteiger charge is 2.65. The molecule has 0 radical (unpaired) electrons. The smallest absolute Gasteiger partial charge is 0.330 e. The number of rotatable bonds is 9. The largest absolute Gasteiger partial charge is 0.497 e. The number of esters is 1. The second kappa shape index (κ2) is 10.1. The summed E-state index contributed by atoms with van der Waals surface area (Å²) >= 11 is 7.62. The van der Waals surface area contributed by atoms with Crippen molar-refractivity contribution in [1.29, 1.82) is 0 Å². The van der Waals surface area contributed by atoms with Crippen molar-refractivity contribution < 1.29 is 28.6 Å². The molecular weight excluding hydrogens is 480 g/mol. The van der Waals surface area contributed by atoms with Crippen LogP contribution in [0.4, 0.5) is 0 Å². The number of alkyl halides is 1. The minimum Gasteiger partial charge on any atom is -0.497 e. The number of carbonyl (C=O) groups excluding carboxylic acids is 3. The van der Waals surface area contributed by atoms with Gasteiger partial charge in [0.2, 0.25) is 5.91 Å². The van der Waals surface area contributed by atoms with Crippen LogP contribution in [0, 0.1) is 0 Å². The Morgan fingerprint density at radius 2 is 1.82 bits per heavy atom. The second-order valence-electron chi connectivity index (χ2n) is 8.21. The van der Waals surface area contributed by atoms with Gasteiger partial charge in [-0.2, -0.15) is 0 Å². The van der Waals surface area contributed by atoms with Gasteiger partial charge in [-0.3, -0.25) is 9.59 Å². The number of ether oxygens (including phenoxy) is 3. The molecule has 4 rings (SSSR count). The third-order valence-corrected chi connectivity index (χ3v) is 8.15. The summed E-state index contributed by atoms with van der Waals surface area (Å²) in [6.07, 6.45) is 0. The van der Waals surface area contributed by atoms with E-state index in [4.69, 9.17) is 25.8 Å². The summed E-state index contributed by atoms with van der Waals surface area (Å²) in [4.78, 5) is 39.8. The number of amides is 2.